The van der Waals surface area contributed by atoms with Crippen molar-refractivity contribution in [2.75, 3.05) is 7.05 Å². The Kier molecular flexibility index (Phi) is 4.62. The molecule has 0 fully saturated rings. The lowest BCUT2D eigenvalue weighted by Gasteiger charge is -2.20. The molecule has 0 bridgehead atoms. The second-order valence-electron chi connectivity index (χ2n) is 3.22. The smallest absolute Gasteiger partial charge is 0.0399 e. The molecule has 0 aromatic carbocycles. The van der Waals surface area contributed by atoms with E-state index in [-0.39, 0.29) is 6.04 Å². The molecule has 0 amide bonds. The Morgan fingerprint density at radius 1 is 1.40 bits per heavy atom. The van der Waals surface area contributed by atoms with Crippen LogP contribution in [0.2, 0.25) is 0 Å². The quantitative estimate of drug-likeness (QED) is 0.552. The van der Waals surface area contributed by atoms with Crippen LogP contribution in [-0.2, 0) is 0 Å². The SMILES string of the molecule is CCC(CC(C)C)N(C)F. The van der Waals surface area contributed by atoms with Crippen molar-refractivity contribution in [3.8, 4) is 0 Å². The normalized spacial score (nSPS) is 14.7. The fourth-order valence-electron chi connectivity index (χ4n) is 1.11. The van der Waals surface area contributed by atoms with E-state index in [2.05, 4.69) is 13.8 Å². The van der Waals surface area contributed by atoms with E-state index in [9.17, 15) is 4.48 Å². The summed E-state index contributed by atoms with van der Waals surface area (Å²) in [5.74, 6) is 0.586. The second-order valence-corrected chi connectivity index (χ2v) is 3.22. The van der Waals surface area contributed by atoms with E-state index >= 15 is 0 Å². The largest absolute Gasteiger partial charge is 0.146 e. The van der Waals surface area contributed by atoms with Gasteiger partial charge in [0.2, 0.25) is 0 Å². The highest BCUT2D eigenvalue weighted by Crippen LogP contribution is 2.12. The van der Waals surface area contributed by atoms with Crippen LogP contribution in [0.4, 0.5) is 4.48 Å². The Bertz CT molecular complexity index is 81.3. The van der Waals surface area contributed by atoms with Crippen LogP contribution < -0.4 is 0 Å². The zero-order valence-corrected chi connectivity index (χ0v) is 7.39. The molecule has 0 N–H and O–H groups in total. The Morgan fingerprint density at radius 2 is 1.90 bits per heavy atom. The van der Waals surface area contributed by atoms with E-state index in [1.165, 1.54) is 7.05 Å². The van der Waals surface area contributed by atoms with Gasteiger partial charge in [-0.1, -0.05) is 20.8 Å². The molecule has 0 heterocycles. The minimum atomic E-state index is 0.111. The van der Waals surface area contributed by atoms with Gasteiger partial charge in [0.25, 0.3) is 0 Å². The minimum Gasteiger partial charge on any atom is -0.146 e. The molecule has 0 aromatic heterocycles. The van der Waals surface area contributed by atoms with Crippen molar-refractivity contribution >= 4 is 0 Å². The highest BCUT2D eigenvalue weighted by atomic mass is 19.2. The molecule has 0 aromatic rings. The van der Waals surface area contributed by atoms with Crippen LogP contribution in [0.3, 0.4) is 0 Å². The predicted molar refractivity (Wildman–Crippen MR) is 42.4 cm³/mol. The summed E-state index contributed by atoms with van der Waals surface area (Å²) in [4.78, 5) is 0. The van der Waals surface area contributed by atoms with Crippen molar-refractivity contribution in [1.29, 1.82) is 0 Å². The monoisotopic (exact) mass is 147 g/mol. The fraction of sp³-hybridized carbons (Fsp3) is 1.00. The summed E-state index contributed by atoms with van der Waals surface area (Å²) >= 11 is 0. The molecule has 62 valence electrons. The molecule has 1 unspecified atom stereocenters. The van der Waals surface area contributed by atoms with E-state index in [0.717, 1.165) is 18.0 Å². The van der Waals surface area contributed by atoms with Crippen LogP contribution in [0.15, 0.2) is 0 Å². The van der Waals surface area contributed by atoms with Gasteiger partial charge >= 0.3 is 0 Å². The lowest BCUT2D eigenvalue weighted by molar-refractivity contribution is -0.00145. The summed E-state index contributed by atoms with van der Waals surface area (Å²) in [7, 11) is 1.50. The van der Waals surface area contributed by atoms with Gasteiger partial charge in [-0.25, -0.2) is 0 Å². The lowest BCUT2D eigenvalue weighted by atomic mass is 10.0. The van der Waals surface area contributed by atoms with Gasteiger partial charge in [0.15, 0.2) is 0 Å². The standard InChI is InChI=1S/C8H18FN/c1-5-8(10(4)9)6-7(2)3/h7-8H,5-6H2,1-4H3. The summed E-state index contributed by atoms with van der Waals surface area (Å²) < 4.78 is 12.6. The van der Waals surface area contributed by atoms with Gasteiger partial charge in [-0.05, 0) is 18.8 Å². The molecule has 1 atom stereocenters. The fourth-order valence-corrected chi connectivity index (χ4v) is 1.11. The lowest BCUT2D eigenvalue weighted by Crippen LogP contribution is -2.25. The van der Waals surface area contributed by atoms with Crippen molar-refractivity contribution in [3.05, 3.63) is 0 Å². The number of hydrogen-bond donors (Lipinski definition) is 0. The molecule has 0 aliphatic carbocycles. The Morgan fingerprint density at radius 3 is 2.00 bits per heavy atom. The van der Waals surface area contributed by atoms with Crippen molar-refractivity contribution in [1.82, 2.24) is 5.12 Å². The maximum Gasteiger partial charge on any atom is 0.0399 e. The van der Waals surface area contributed by atoms with E-state index in [1.807, 2.05) is 6.92 Å². The molecule has 10 heavy (non-hydrogen) atoms. The predicted octanol–water partition coefficient (Wildman–Crippen LogP) is 2.63. The molecular weight excluding hydrogens is 129 g/mol. The van der Waals surface area contributed by atoms with Gasteiger partial charge in [0, 0.05) is 13.1 Å². The highest BCUT2D eigenvalue weighted by Gasteiger charge is 2.12. The Labute approximate surface area is 63.2 Å². The van der Waals surface area contributed by atoms with Gasteiger partial charge in [0.1, 0.15) is 0 Å². The van der Waals surface area contributed by atoms with Gasteiger partial charge in [0.05, 0.1) is 0 Å². The summed E-state index contributed by atoms with van der Waals surface area (Å²) in [5, 5.41) is 0.819. The maximum absolute atomic E-state index is 12.6. The van der Waals surface area contributed by atoms with Crippen LogP contribution in [0.25, 0.3) is 0 Å². The maximum atomic E-state index is 12.6. The second kappa shape index (κ2) is 4.67. The molecule has 0 radical (unpaired) electrons. The van der Waals surface area contributed by atoms with Crippen LogP contribution in [0, 0.1) is 5.92 Å². The Balaban J connectivity index is 3.60. The summed E-state index contributed by atoms with van der Waals surface area (Å²) in [6, 6.07) is 0.111. The molecule has 0 spiro atoms. The molecule has 0 aliphatic heterocycles. The first-order chi connectivity index (χ1) is 4.57. The van der Waals surface area contributed by atoms with Crippen molar-refractivity contribution in [3.63, 3.8) is 0 Å². The first-order valence-corrected chi connectivity index (χ1v) is 3.96. The average molecular weight is 147 g/mol. The zero-order chi connectivity index (χ0) is 8.15. The first kappa shape index (κ1) is 9.89. The third-order valence-corrected chi connectivity index (χ3v) is 1.72. The van der Waals surface area contributed by atoms with E-state index in [1.54, 1.807) is 0 Å². The van der Waals surface area contributed by atoms with Crippen LogP contribution in [-0.4, -0.2) is 18.2 Å². The molecule has 1 nitrogen and oxygen atoms in total. The van der Waals surface area contributed by atoms with Crippen molar-refractivity contribution < 1.29 is 4.48 Å². The van der Waals surface area contributed by atoms with Crippen LogP contribution >= 0.6 is 0 Å². The number of halogens is 1. The molecular formula is C8H18FN. The number of nitrogens with zero attached hydrogens (tertiary/aromatic N) is 1. The van der Waals surface area contributed by atoms with Gasteiger partial charge in [-0.2, -0.15) is 0 Å². The molecule has 0 saturated carbocycles. The third kappa shape index (κ3) is 3.83. The van der Waals surface area contributed by atoms with Crippen molar-refractivity contribution in [2.45, 2.75) is 39.7 Å². The Hall–Kier alpha value is -0.110. The van der Waals surface area contributed by atoms with Crippen LogP contribution in [0.1, 0.15) is 33.6 Å². The molecule has 0 saturated heterocycles. The highest BCUT2D eigenvalue weighted by molar-refractivity contribution is 4.62. The van der Waals surface area contributed by atoms with Gasteiger partial charge in [-0.3, -0.25) is 0 Å². The molecule has 2 heteroatoms. The first-order valence-electron chi connectivity index (χ1n) is 3.96. The minimum absolute atomic E-state index is 0.111. The topological polar surface area (TPSA) is 3.24 Å². The van der Waals surface area contributed by atoms with Gasteiger partial charge < -0.3 is 0 Å². The zero-order valence-electron chi connectivity index (χ0n) is 7.39. The van der Waals surface area contributed by atoms with Crippen LogP contribution in [0.5, 0.6) is 0 Å². The molecule has 0 rings (SSSR count). The number of rotatable bonds is 4. The van der Waals surface area contributed by atoms with E-state index in [0.29, 0.717) is 5.92 Å². The van der Waals surface area contributed by atoms with E-state index < -0.39 is 0 Å². The van der Waals surface area contributed by atoms with Crippen molar-refractivity contribution in [2.24, 2.45) is 5.92 Å². The summed E-state index contributed by atoms with van der Waals surface area (Å²) in [5.41, 5.74) is 0. The average Bonchev–Trinajstić information content (AvgIpc) is 1.81. The summed E-state index contributed by atoms with van der Waals surface area (Å²) in [6.07, 6.45) is 1.84. The third-order valence-electron chi connectivity index (χ3n) is 1.72. The molecule has 0 aliphatic rings. The van der Waals surface area contributed by atoms with Gasteiger partial charge in [-0.15, -0.1) is 9.60 Å². The van der Waals surface area contributed by atoms with E-state index in [4.69, 9.17) is 0 Å². The number of hydrogen-bond acceptors (Lipinski definition) is 1. The summed E-state index contributed by atoms with van der Waals surface area (Å²) in [6.45, 7) is 6.25.